The molecule has 0 aliphatic rings. The van der Waals surface area contributed by atoms with E-state index in [0.29, 0.717) is 12.4 Å². The second-order valence-electron chi connectivity index (χ2n) is 7.66. The Morgan fingerprint density at radius 1 is 1.13 bits per heavy atom. The molecule has 162 valence electrons. The van der Waals surface area contributed by atoms with Crippen molar-refractivity contribution >= 4 is 33.8 Å². The van der Waals surface area contributed by atoms with Gasteiger partial charge in [0, 0.05) is 36.0 Å². The zero-order chi connectivity index (χ0) is 22.1. The summed E-state index contributed by atoms with van der Waals surface area (Å²) in [4.78, 5) is 13.8. The number of benzene rings is 1. The Bertz CT molecular complexity index is 1250. The number of rotatable bonds is 8. The molecule has 0 aliphatic heterocycles. The van der Waals surface area contributed by atoms with E-state index in [0.717, 1.165) is 44.9 Å². The third-order valence-electron chi connectivity index (χ3n) is 5.65. The van der Waals surface area contributed by atoms with Gasteiger partial charge in [0.15, 0.2) is 10.9 Å². The Kier molecular flexibility index (Phi) is 6.31. The highest BCUT2D eigenvalue weighted by Gasteiger charge is 2.19. The van der Waals surface area contributed by atoms with E-state index in [4.69, 9.17) is 4.74 Å². The maximum absolute atomic E-state index is 13.0. The van der Waals surface area contributed by atoms with Crippen LogP contribution in [-0.2, 0) is 11.3 Å². The summed E-state index contributed by atoms with van der Waals surface area (Å²) in [5, 5.41) is 11.5. The van der Waals surface area contributed by atoms with Crippen LogP contribution in [0.25, 0.3) is 16.2 Å². The van der Waals surface area contributed by atoms with E-state index in [-0.39, 0.29) is 5.78 Å². The number of ketones is 1. The molecule has 4 rings (SSSR count). The highest BCUT2D eigenvalue weighted by atomic mass is 32.2. The summed E-state index contributed by atoms with van der Waals surface area (Å²) in [5.74, 6) is 0.416. The van der Waals surface area contributed by atoms with E-state index in [1.165, 1.54) is 22.9 Å². The highest BCUT2D eigenvalue weighted by Crippen LogP contribution is 2.31. The molecular formula is C23H26N4O2S2. The predicted molar refractivity (Wildman–Crippen MR) is 127 cm³/mol. The van der Waals surface area contributed by atoms with Crippen LogP contribution in [0.5, 0.6) is 0 Å². The normalized spacial score (nSPS) is 11.5. The summed E-state index contributed by atoms with van der Waals surface area (Å²) in [5.41, 5.74) is 7.52. The van der Waals surface area contributed by atoms with Gasteiger partial charge in [-0.3, -0.25) is 9.20 Å². The molecule has 0 radical (unpaired) electrons. The molecule has 1 aromatic carbocycles. The van der Waals surface area contributed by atoms with Gasteiger partial charge in [0.1, 0.15) is 0 Å². The van der Waals surface area contributed by atoms with Crippen molar-refractivity contribution in [3.8, 4) is 11.3 Å². The first kappa shape index (κ1) is 21.8. The highest BCUT2D eigenvalue weighted by molar-refractivity contribution is 7.99. The summed E-state index contributed by atoms with van der Waals surface area (Å²) >= 11 is 3.00. The van der Waals surface area contributed by atoms with Gasteiger partial charge in [0.2, 0.25) is 4.96 Å². The molecule has 0 unspecified atom stereocenters. The molecule has 0 aliphatic carbocycles. The third-order valence-corrected chi connectivity index (χ3v) is 7.39. The number of fused-ring (bicyclic) bond motifs is 1. The van der Waals surface area contributed by atoms with Gasteiger partial charge in [0.25, 0.3) is 0 Å². The molecular weight excluding hydrogens is 428 g/mol. The Balaban J connectivity index is 1.57. The van der Waals surface area contributed by atoms with E-state index >= 15 is 0 Å². The van der Waals surface area contributed by atoms with Gasteiger partial charge in [-0.15, -0.1) is 21.5 Å². The fourth-order valence-electron chi connectivity index (χ4n) is 3.71. The number of aromatic nitrogens is 4. The topological polar surface area (TPSA) is 61.4 Å². The first-order valence-corrected chi connectivity index (χ1v) is 12.0. The third kappa shape index (κ3) is 4.20. The van der Waals surface area contributed by atoms with Gasteiger partial charge in [-0.1, -0.05) is 23.9 Å². The van der Waals surface area contributed by atoms with Crippen LogP contribution in [0.15, 0.2) is 34.8 Å². The summed E-state index contributed by atoms with van der Waals surface area (Å²) in [6, 6.07) is 8.41. The molecule has 0 spiro atoms. The number of thiazole rings is 1. The van der Waals surface area contributed by atoms with E-state index in [1.54, 1.807) is 18.4 Å². The van der Waals surface area contributed by atoms with Crippen molar-refractivity contribution < 1.29 is 9.53 Å². The van der Waals surface area contributed by atoms with Crippen molar-refractivity contribution in [2.45, 2.75) is 39.4 Å². The number of hydrogen-bond acceptors (Lipinski definition) is 6. The number of thioether (sulfide) groups is 1. The minimum absolute atomic E-state index is 0.0986. The molecule has 0 saturated carbocycles. The van der Waals surface area contributed by atoms with Crippen LogP contribution in [-0.4, -0.2) is 44.4 Å². The van der Waals surface area contributed by atoms with Crippen molar-refractivity contribution in [3.05, 3.63) is 57.7 Å². The average molecular weight is 455 g/mol. The van der Waals surface area contributed by atoms with Crippen LogP contribution in [0.2, 0.25) is 0 Å². The molecule has 31 heavy (non-hydrogen) atoms. The fraction of sp³-hybridized carbons (Fsp3) is 0.348. The number of ether oxygens (including phenoxy) is 1. The summed E-state index contributed by atoms with van der Waals surface area (Å²) in [6.45, 7) is 9.61. The maximum Gasteiger partial charge on any atom is 0.217 e. The Morgan fingerprint density at radius 3 is 2.68 bits per heavy atom. The Morgan fingerprint density at radius 2 is 1.94 bits per heavy atom. The van der Waals surface area contributed by atoms with Gasteiger partial charge < -0.3 is 9.30 Å². The monoisotopic (exact) mass is 454 g/mol. The summed E-state index contributed by atoms with van der Waals surface area (Å²) < 4.78 is 9.37. The molecule has 0 N–H and O–H groups in total. The molecule has 6 nitrogen and oxygen atoms in total. The fourth-order valence-corrected chi connectivity index (χ4v) is 5.43. The van der Waals surface area contributed by atoms with Gasteiger partial charge in [0.05, 0.1) is 18.1 Å². The lowest BCUT2D eigenvalue weighted by Gasteiger charge is -2.08. The number of carbonyl (C=O) groups is 1. The van der Waals surface area contributed by atoms with Crippen LogP contribution in [0.3, 0.4) is 0 Å². The molecule has 0 fully saturated rings. The summed E-state index contributed by atoms with van der Waals surface area (Å²) in [6.07, 6.45) is 0. The number of carbonyl (C=O) groups excluding carboxylic acids is 1. The molecule has 8 heteroatoms. The predicted octanol–water partition coefficient (Wildman–Crippen LogP) is 5.11. The maximum atomic E-state index is 13.0. The second-order valence-corrected chi connectivity index (χ2v) is 9.44. The standard InChI is InChI=1S/C23H26N4O2S2/c1-14-6-7-18(10-15(14)2)20-12-30-22-24-25-23(27(20)22)31-13-21(28)19-11-16(3)26(17(19)4)8-9-29-5/h6-7,10-12H,8-9,13H2,1-5H3. The zero-order valence-electron chi connectivity index (χ0n) is 18.4. The molecule has 0 bridgehead atoms. The van der Waals surface area contributed by atoms with Gasteiger partial charge in [-0.2, -0.15) is 0 Å². The van der Waals surface area contributed by atoms with Crippen molar-refractivity contribution in [1.29, 1.82) is 0 Å². The van der Waals surface area contributed by atoms with Crippen molar-refractivity contribution in [1.82, 2.24) is 19.2 Å². The summed E-state index contributed by atoms with van der Waals surface area (Å²) in [7, 11) is 1.69. The number of aryl methyl sites for hydroxylation is 3. The number of Topliss-reactive ketones (excluding diaryl/α,β-unsaturated/α-hetero) is 1. The lowest BCUT2D eigenvalue weighted by molar-refractivity contribution is 0.102. The Labute approximate surface area is 190 Å². The van der Waals surface area contributed by atoms with Crippen LogP contribution in [0, 0.1) is 27.7 Å². The van der Waals surface area contributed by atoms with Crippen LogP contribution in [0.4, 0.5) is 0 Å². The lowest BCUT2D eigenvalue weighted by atomic mass is 10.1. The number of methoxy groups -OCH3 is 1. The molecule has 0 amide bonds. The van der Waals surface area contributed by atoms with Gasteiger partial charge in [-0.25, -0.2) is 0 Å². The van der Waals surface area contributed by atoms with Crippen LogP contribution in [0.1, 0.15) is 32.9 Å². The molecule has 4 aromatic rings. The SMILES string of the molecule is COCCn1c(C)cc(C(=O)CSc2nnc3scc(-c4ccc(C)c(C)c4)n23)c1C. The molecule has 0 saturated heterocycles. The molecule has 3 heterocycles. The van der Waals surface area contributed by atoms with Crippen LogP contribution >= 0.6 is 23.1 Å². The number of hydrogen-bond donors (Lipinski definition) is 0. The molecule has 3 aromatic heterocycles. The number of nitrogens with zero attached hydrogens (tertiary/aromatic N) is 4. The van der Waals surface area contributed by atoms with E-state index in [9.17, 15) is 4.79 Å². The Hall–Kier alpha value is -2.42. The van der Waals surface area contributed by atoms with E-state index in [1.807, 2.05) is 19.9 Å². The molecule has 0 atom stereocenters. The van der Waals surface area contributed by atoms with Crippen molar-refractivity contribution in [3.63, 3.8) is 0 Å². The van der Waals surface area contributed by atoms with Gasteiger partial charge >= 0.3 is 0 Å². The van der Waals surface area contributed by atoms with E-state index in [2.05, 4.69) is 56.6 Å². The zero-order valence-corrected chi connectivity index (χ0v) is 20.1. The minimum atomic E-state index is 0.0986. The van der Waals surface area contributed by atoms with Gasteiger partial charge in [-0.05, 0) is 56.5 Å². The largest absolute Gasteiger partial charge is 0.383 e. The lowest BCUT2D eigenvalue weighted by Crippen LogP contribution is -2.09. The minimum Gasteiger partial charge on any atom is -0.383 e. The van der Waals surface area contributed by atoms with Crippen molar-refractivity contribution in [2.24, 2.45) is 0 Å². The first-order chi connectivity index (χ1) is 14.9. The quantitative estimate of drug-likeness (QED) is 0.273. The van der Waals surface area contributed by atoms with Crippen molar-refractivity contribution in [2.75, 3.05) is 19.5 Å². The van der Waals surface area contributed by atoms with Crippen LogP contribution < -0.4 is 0 Å². The second kappa shape index (κ2) is 8.98. The average Bonchev–Trinajstić information content (AvgIpc) is 3.42. The smallest absolute Gasteiger partial charge is 0.217 e. The first-order valence-electron chi connectivity index (χ1n) is 10.1. The van der Waals surface area contributed by atoms with E-state index < -0.39 is 0 Å².